The first-order valence-corrected chi connectivity index (χ1v) is 13.0. The third-order valence-corrected chi connectivity index (χ3v) is 4.76. The van der Waals surface area contributed by atoms with Gasteiger partial charge in [0.05, 0.1) is 0 Å². The fourth-order valence-corrected chi connectivity index (χ4v) is 2.89. The van der Waals surface area contributed by atoms with Crippen molar-refractivity contribution in [3.8, 4) is 23.0 Å². The average molecular weight is 546 g/mol. The Balaban J connectivity index is 0. The molecule has 0 unspecified atom stereocenters. The normalized spacial score (nSPS) is 10.1. The Morgan fingerprint density at radius 3 is 1.44 bits per heavy atom. The predicted octanol–water partition coefficient (Wildman–Crippen LogP) is 4.92. The lowest BCUT2D eigenvalue weighted by atomic mass is 10.2. The van der Waals surface area contributed by atoms with E-state index in [1.54, 1.807) is 24.3 Å². The van der Waals surface area contributed by atoms with Crippen LogP contribution < -0.4 is 16.0 Å². The second-order valence-electron chi connectivity index (χ2n) is 7.56. The van der Waals surface area contributed by atoms with Crippen molar-refractivity contribution in [3.63, 3.8) is 0 Å². The largest absolute Gasteiger partial charge is 0.504 e. The molecule has 0 aromatic heterocycles. The number of aromatic hydroxyl groups is 4. The Hall–Kier alpha value is -3.98. The summed E-state index contributed by atoms with van der Waals surface area (Å²) in [6.07, 6.45) is 8.35. The van der Waals surface area contributed by atoms with Crippen molar-refractivity contribution in [1.82, 2.24) is 16.0 Å². The van der Waals surface area contributed by atoms with Gasteiger partial charge in [0.25, 0.3) is 0 Å². The molecular weight excluding hydrogens is 498 g/mol. The second-order valence-corrected chi connectivity index (χ2v) is 7.56. The van der Waals surface area contributed by atoms with Gasteiger partial charge in [-0.15, -0.1) is 0 Å². The number of rotatable bonds is 13. The molecule has 9 heteroatoms. The smallest absolute Gasteiger partial charge is 0.243 e. The number of phenolic OH excluding ortho intramolecular Hbond substituents is 4. The molecule has 2 aromatic rings. The highest BCUT2D eigenvalue weighted by molar-refractivity contribution is 5.92. The van der Waals surface area contributed by atoms with E-state index in [1.165, 1.54) is 36.4 Å². The summed E-state index contributed by atoms with van der Waals surface area (Å²) in [4.78, 5) is 23.6. The van der Waals surface area contributed by atoms with Gasteiger partial charge in [-0.2, -0.15) is 0 Å². The fourth-order valence-electron chi connectivity index (χ4n) is 2.89. The van der Waals surface area contributed by atoms with Gasteiger partial charge in [-0.05, 0) is 79.9 Å². The molecule has 0 saturated heterocycles. The number of hydrogen-bond acceptors (Lipinski definition) is 7. The summed E-state index contributed by atoms with van der Waals surface area (Å²) in [6, 6.07) is 8.65. The number of unbranched alkanes of at least 4 members (excludes halogenated alkanes) is 1. The summed E-state index contributed by atoms with van der Waals surface area (Å²) in [5, 5.41) is 46.2. The molecule has 2 rings (SSSR count). The molecule has 0 aliphatic heterocycles. The van der Waals surface area contributed by atoms with Gasteiger partial charge in [0.2, 0.25) is 11.8 Å². The zero-order valence-corrected chi connectivity index (χ0v) is 22.8. The molecule has 39 heavy (non-hydrogen) atoms. The summed E-state index contributed by atoms with van der Waals surface area (Å²) in [5.74, 6) is -1.35. The Kier molecular flexibility index (Phi) is 22.1. The van der Waals surface area contributed by atoms with Crippen molar-refractivity contribution < 1.29 is 30.0 Å². The molecule has 0 aliphatic rings. The minimum atomic E-state index is -0.237. The van der Waals surface area contributed by atoms with Crippen LogP contribution in [0, 0.1) is 0 Å². The molecule has 0 fully saturated rings. The first kappa shape index (κ1) is 37.2. The van der Waals surface area contributed by atoms with Gasteiger partial charge in [-0.25, -0.2) is 0 Å². The van der Waals surface area contributed by atoms with Crippen LogP contribution in [0.4, 0.5) is 0 Å². The fraction of sp³-hybridized carbons (Fsp3) is 0.400. The van der Waals surface area contributed by atoms with Gasteiger partial charge in [-0.1, -0.05) is 47.3 Å². The lowest BCUT2D eigenvalue weighted by molar-refractivity contribution is -0.117. The van der Waals surface area contributed by atoms with Crippen LogP contribution in [-0.4, -0.2) is 58.4 Å². The van der Waals surface area contributed by atoms with Crippen molar-refractivity contribution in [2.24, 2.45) is 0 Å². The van der Waals surface area contributed by atoms with E-state index in [2.05, 4.69) is 16.0 Å². The van der Waals surface area contributed by atoms with Crippen LogP contribution in [0.25, 0.3) is 12.2 Å². The summed E-state index contributed by atoms with van der Waals surface area (Å²) in [5.41, 5.74) is 1.22. The van der Waals surface area contributed by atoms with E-state index < -0.39 is 0 Å². The molecule has 0 bridgehead atoms. The van der Waals surface area contributed by atoms with Gasteiger partial charge in [0.1, 0.15) is 0 Å². The maximum Gasteiger partial charge on any atom is 0.243 e. The molecule has 218 valence electrons. The SMILES string of the molecule is C.CC.CC.O=C(/C=C/c1ccc(O)c(O)c1)NCCCCNCCCNC(=O)/C=C/c1ccc(O)c(O)c1. The van der Waals surface area contributed by atoms with Crippen molar-refractivity contribution in [2.45, 2.75) is 54.4 Å². The maximum absolute atomic E-state index is 11.8. The van der Waals surface area contributed by atoms with Crippen molar-refractivity contribution in [1.29, 1.82) is 0 Å². The molecule has 9 nitrogen and oxygen atoms in total. The van der Waals surface area contributed by atoms with Crippen LogP contribution in [-0.2, 0) is 9.59 Å². The van der Waals surface area contributed by atoms with Crippen LogP contribution in [0.3, 0.4) is 0 Å². The molecular formula is C30H47N3O6. The van der Waals surface area contributed by atoms with Gasteiger partial charge < -0.3 is 36.4 Å². The van der Waals surface area contributed by atoms with Gasteiger partial charge in [0.15, 0.2) is 23.0 Å². The number of carbonyl (C=O) groups excluding carboxylic acids is 2. The molecule has 2 aromatic carbocycles. The Bertz CT molecular complexity index is 940. The number of amides is 2. The number of hydrogen-bond donors (Lipinski definition) is 7. The third-order valence-electron chi connectivity index (χ3n) is 4.76. The van der Waals surface area contributed by atoms with E-state index in [-0.39, 0.29) is 42.2 Å². The zero-order chi connectivity index (χ0) is 28.8. The van der Waals surface area contributed by atoms with E-state index in [1.807, 2.05) is 27.7 Å². The average Bonchev–Trinajstić information content (AvgIpc) is 2.93. The summed E-state index contributed by atoms with van der Waals surface area (Å²) >= 11 is 0. The van der Waals surface area contributed by atoms with E-state index in [9.17, 15) is 30.0 Å². The Morgan fingerprint density at radius 1 is 0.615 bits per heavy atom. The monoisotopic (exact) mass is 545 g/mol. The molecule has 0 aliphatic carbocycles. The zero-order valence-electron chi connectivity index (χ0n) is 22.8. The maximum atomic E-state index is 11.8. The number of phenols is 4. The number of nitrogens with one attached hydrogen (secondary N) is 3. The molecule has 7 N–H and O–H groups in total. The quantitative estimate of drug-likeness (QED) is 0.107. The van der Waals surface area contributed by atoms with Crippen LogP contribution in [0.15, 0.2) is 48.6 Å². The molecule has 0 atom stereocenters. The van der Waals surface area contributed by atoms with Crippen LogP contribution in [0.1, 0.15) is 65.5 Å². The Morgan fingerprint density at radius 2 is 1.00 bits per heavy atom. The third kappa shape index (κ3) is 17.2. The first-order chi connectivity index (χ1) is 18.3. The van der Waals surface area contributed by atoms with Gasteiger partial charge in [-0.3, -0.25) is 9.59 Å². The lowest BCUT2D eigenvalue weighted by Gasteiger charge is -2.06. The van der Waals surface area contributed by atoms with Crippen molar-refractivity contribution >= 4 is 24.0 Å². The number of benzene rings is 2. The van der Waals surface area contributed by atoms with Crippen LogP contribution in [0.2, 0.25) is 0 Å². The van der Waals surface area contributed by atoms with Crippen LogP contribution in [0.5, 0.6) is 23.0 Å². The predicted molar refractivity (Wildman–Crippen MR) is 160 cm³/mol. The highest BCUT2D eigenvalue weighted by Crippen LogP contribution is 2.26. The molecule has 0 saturated carbocycles. The molecule has 0 radical (unpaired) electrons. The minimum absolute atomic E-state index is 0. The van der Waals surface area contributed by atoms with Crippen molar-refractivity contribution in [3.05, 3.63) is 59.7 Å². The number of carbonyl (C=O) groups is 2. The first-order valence-electron chi connectivity index (χ1n) is 13.0. The van der Waals surface area contributed by atoms with E-state index in [0.717, 1.165) is 32.4 Å². The molecule has 0 heterocycles. The minimum Gasteiger partial charge on any atom is -0.504 e. The van der Waals surface area contributed by atoms with Gasteiger partial charge >= 0.3 is 0 Å². The molecule has 0 spiro atoms. The van der Waals surface area contributed by atoms with E-state index >= 15 is 0 Å². The standard InChI is InChI=1S/C25H31N3O6.2C2H6.CH4/c29-20-8-4-18(16-22(20)31)6-10-24(33)27-14-2-1-12-26-13-3-15-28-25(34)11-7-19-5-9-21(30)23(32)17-19;2*1-2;/h4-11,16-17,26,29-32H,1-3,12-15H2,(H,27,33)(H,28,34);2*1-2H3;1H4/b10-6+,11-7+;;;. The van der Waals surface area contributed by atoms with E-state index in [0.29, 0.717) is 24.2 Å². The Labute approximate surface area is 233 Å². The highest BCUT2D eigenvalue weighted by atomic mass is 16.3. The summed E-state index contributed by atoms with van der Waals surface area (Å²) in [7, 11) is 0. The molecule has 2 amide bonds. The summed E-state index contributed by atoms with van der Waals surface area (Å²) < 4.78 is 0. The van der Waals surface area contributed by atoms with Crippen molar-refractivity contribution in [2.75, 3.05) is 26.2 Å². The van der Waals surface area contributed by atoms with E-state index in [4.69, 9.17) is 0 Å². The topological polar surface area (TPSA) is 151 Å². The second kappa shape index (κ2) is 23.2. The lowest BCUT2D eigenvalue weighted by Crippen LogP contribution is -2.27. The highest BCUT2D eigenvalue weighted by Gasteiger charge is 2.01. The van der Waals surface area contributed by atoms with Crippen LogP contribution >= 0.6 is 0 Å². The van der Waals surface area contributed by atoms with Gasteiger partial charge in [0, 0.05) is 25.2 Å². The summed E-state index contributed by atoms with van der Waals surface area (Å²) in [6.45, 7) is 10.6.